The van der Waals surface area contributed by atoms with E-state index in [4.69, 9.17) is 14.6 Å². The largest absolute Gasteiger partial charge is 0.481 e. The Labute approximate surface area is 104 Å². The Morgan fingerprint density at radius 1 is 1.50 bits per heavy atom. The summed E-state index contributed by atoms with van der Waals surface area (Å²) >= 11 is 0. The molecule has 0 radical (unpaired) electrons. The molecule has 0 spiro atoms. The van der Waals surface area contributed by atoms with E-state index in [2.05, 4.69) is 0 Å². The smallest absolute Gasteiger partial charge is 0.303 e. The zero-order chi connectivity index (χ0) is 13.2. The van der Waals surface area contributed by atoms with Crippen molar-refractivity contribution in [1.29, 1.82) is 0 Å². The lowest BCUT2D eigenvalue weighted by Gasteiger charge is -2.23. The molecule has 5 heteroatoms. The summed E-state index contributed by atoms with van der Waals surface area (Å²) in [6.07, 6.45) is 0.218. The zero-order valence-corrected chi connectivity index (χ0v) is 10.1. The molecule has 0 bridgehead atoms. The molecule has 1 fully saturated rings. The lowest BCUT2D eigenvalue weighted by Crippen LogP contribution is -2.24. The van der Waals surface area contributed by atoms with Crippen LogP contribution in [0.5, 0.6) is 0 Å². The number of carboxylic acids is 1. The summed E-state index contributed by atoms with van der Waals surface area (Å²) in [5.41, 5.74) is 0.724. The maximum atomic E-state index is 12.8. The molecule has 2 unspecified atom stereocenters. The quantitative estimate of drug-likeness (QED) is 0.895. The second-order valence-electron chi connectivity index (χ2n) is 4.44. The second-order valence-corrected chi connectivity index (χ2v) is 4.44. The minimum absolute atomic E-state index is 0.0491. The van der Waals surface area contributed by atoms with Crippen molar-refractivity contribution >= 4 is 5.97 Å². The number of aliphatic carboxylic acids is 1. The summed E-state index contributed by atoms with van der Waals surface area (Å²) in [4.78, 5) is 10.5. The second kappa shape index (κ2) is 5.04. The van der Waals surface area contributed by atoms with E-state index in [0.717, 1.165) is 5.56 Å². The van der Waals surface area contributed by atoms with E-state index in [0.29, 0.717) is 13.0 Å². The van der Waals surface area contributed by atoms with Crippen LogP contribution in [0.1, 0.15) is 25.3 Å². The molecule has 98 valence electrons. The zero-order valence-electron chi connectivity index (χ0n) is 10.1. The Hall–Kier alpha value is -1.46. The number of rotatable bonds is 4. The van der Waals surface area contributed by atoms with Gasteiger partial charge in [-0.25, -0.2) is 4.39 Å². The summed E-state index contributed by atoms with van der Waals surface area (Å²) in [5, 5.41) is 8.61. The monoisotopic (exact) mass is 254 g/mol. The number of halogens is 1. The first-order valence-electron chi connectivity index (χ1n) is 5.79. The normalized spacial score (nSPS) is 27.3. The van der Waals surface area contributed by atoms with Gasteiger partial charge in [0.2, 0.25) is 0 Å². The third-order valence-electron chi connectivity index (χ3n) is 2.98. The van der Waals surface area contributed by atoms with Crippen LogP contribution in [0.25, 0.3) is 0 Å². The van der Waals surface area contributed by atoms with Crippen molar-refractivity contribution in [3.05, 3.63) is 35.6 Å². The fourth-order valence-corrected chi connectivity index (χ4v) is 1.97. The number of ether oxygens (including phenoxy) is 2. The molecule has 0 saturated carbocycles. The van der Waals surface area contributed by atoms with Crippen molar-refractivity contribution in [3.8, 4) is 0 Å². The Bertz CT molecular complexity index is 431. The van der Waals surface area contributed by atoms with Crippen LogP contribution in [0, 0.1) is 5.82 Å². The van der Waals surface area contributed by atoms with Gasteiger partial charge >= 0.3 is 5.97 Å². The molecule has 1 aliphatic rings. The molecule has 0 aliphatic carbocycles. The molecule has 1 saturated heterocycles. The number of carboxylic acid groups (broad SMARTS) is 1. The lowest BCUT2D eigenvalue weighted by atomic mass is 10.1. The van der Waals surface area contributed by atoms with E-state index in [1.54, 1.807) is 19.1 Å². The molecule has 1 heterocycles. The van der Waals surface area contributed by atoms with Crippen molar-refractivity contribution in [2.75, 3.05) is 6.61 Å². The van der Waals surface area contributed by atoms with Crippen LogP contribution in [0.2, 0.25) is 0 Å². The number of benzene rings is 1. The summed E-state index contributed by atoms with van der Waals surface area (Å²) < 4.78 is 24.1. The molecule has 4 nitrogen and oxygen atoms in total. The number of hydrogen-bond acceptors (Lipinski definition) is 3. The van der Waals surface area contributed by atoms with Crippen molar-refractivity contribution in [2.45, 2.75) is 31.7 Å². The first-order valence-corrected chi connectivity index (χ1v) is 5.79. The van der Waals surface area contributed by atoms with Crippen LogP contribution in [0.4, 0.5) is 4.39 Å². The van der Waals surface area contributed by atoms with E-state index in [1.807, 2.05) is 0 Å². The molecule has 0 aromatic heterocycles. The van der Waals surface area contributed by atoms with Gasteiger partial charge in [0, 0.05) is 12.0 Å². The highest BCUT2D eigenvalue weighted by Crippen LogP contribution is 2.35. The molecule has 18 heavy (non-hydrogen) atoms. The van der Waals surface area contributed by atoms with E-state index in [9.17, 15) is 9.18 Å². The third-order valence-corrected chi connectivity index (χ3v) is 2.98. The highest BCUT2D eigenvalue weighted by atomic mass is 19.1. The van der Waals surface area contributed by atoms with Gasteiger partial charge in [0.25, 0.3) is 0 Å². The van der Waals surface area contributed by atoms with Gasteiger partial charge in [0.05, 0.1) is 12.7 Å². The first kappa shape index (κ1) is 13.0. The predicted molar refractivity (Wildman–Crippen MR) is 61.4 cm³/mol. The van der Waals surface area contributed by atoms with Gasteiger partial charge in [-0.05, 0) is 25.5 Å². The summed E-state index contributed by atoms with van der Waals surface area (Å²) in [7, 11) is 0. The van der Waals surface area contributed by atoms with E-state index in [1.165, 1.54) is 12.1 Å². The van der Waals surface area contributed by atoms with E-state index in [-0.39, 0.29) is 18.3 Å². The average molecular weight is 254 g/mol. The van der Waals surface area contributed by atoms with Gasteiger partial charge in [-0.15, -0.1) is 0 Å². The molecule has 1 aliphatic heterocycles. The van der Waals surface area contributed by atoms with Gasteiger partial charge in [-0.2, -0.15) is 0 Å². The van der Waals surface area contributed by atoms with Crippen LogP contribution < -0.4 is 0 Å². The van der Waals surface area contributed by atoms with Gasteiger partial charge in [-0.1, -0.05) is 12.1 Å². The fourth-order valence-electron chi connectivity index (χ4n) is 1.97. The SMILES string of the molecule is CC1(c2ccc(F)cc2)OCC(CCC(=O)O)O1. The average Bonchev–Trinajstić information content (AvgIpc) is 2.71. The molecular formula is C13H15FO4. The standard InChI is InChI=1S/C13H15FO4/c1-13(9-2-4-10(14)5-3-9)17-8-11(18-13)6-7-12(15)16/h2-5,11H,6-8H2,1H3,(H,15,16). The molecule has 1 aromatic carbocycles. The minimum atomic E-state index is -0.920. The van der Waals surface area contributed by atoms with Gasteiger partial charge in [0.1, 0.15) is 5.82 Å². The molecule has 1 N–H and O–H groups in total. The Morgan fingerprint density at radius 2 is 2.17 bits per heavy atom. The van der Waals surface area contributed by atoms with Crippen LogP contribution in [-0.2, 0) is 20.1 Å². The minimum Gasteiger partial charge on any atom is -0.481 e. The third kappa shape index (κ3) is 2.86. The van der Waals surface area contributed by atoms with Crippen LogP contribution in [0.15, 0.2) is 24.3 Å². The van der Waals surface area contributed by atoms with Crippen molar-refractivity contribution in [2.24, 2.45) is 0 Å². The summed E-state index contributed by atoms with van der Waals surface area (Å²) in [5.74, 6) is -2.09. The highest BCUT2D eigenvalue weighted by Gasteiger charge is 2.38. The Balaban J connectivity index is 2.01. The maximum Gasteiger partial charge on any atom is 0.303 e. The Kier molecular flexibility index (Phi) is 3.63. The van der Waals surface area contributed by atoms with Crippen LogP contribution >= 0.6 is 0 Å². The fraction of sp³-hybridized carbons (Fsp3) is 0.462. The van der Waals surface area contributed by atoms with Crippen molar-refractivity contribution in [1.82, 2.24) is 0 Å². The van der Waals surface area contributed by atoms with Crippen LogP contribution in [0.3, 0.4) is 0 Å². The first-order chi connectivity index (χ1) is 8.49. The Morgan fingerprint density at radius 3 is 2.78 bits per heavy atom. The van der Waals surface area contributed by atoms with Gasteiger partial charge in [-0.3, -0.25) is 4.79 Å². The number of carbonyl (C=O) groups is 1. The van der Waals surface area contributed by atoms with E-state index < -0.39 is 11.8 Å². The molecule has 2 rings (SSSR count). The summed E-state index contributed by atoms with van der Waals surface area (Å²) in [6, 6.07) is 5.90. The van der Waals surface area contributed by atoms with Gasteiger partial charge < -0.3 is 14.6 Å². The molecular weight excluding hydrogens is 239 g/mol. The van der Waals surface area contributed by atoms with Gasteiger partial charge in [0.15, 0.2) is 5.79 Å². The van der Waals surface area contributed by atoms with Crippen molar-refractivity contribution < 1.29 is 23.8 Å². The van der Waals surface area contributed by atoms with Crippen LogP contribution in [-0.4, -0.2) is 23.8 Å². The maximum absolute atomic E-state index is 12.8. The molecule has 2 atom stereocenters. The van der Waals surface area contributed by atoms with Crippen molar-refractivity contribution in [3.63, 3.8) is 0 Å². The summed E-state index contributed by atoms with van der Waals surface area (Å²) in [6.45, 7) is 2.10. The molecule has 1 aromatic rings. The van der Waals surface area contributed by atoms with E-state index >= 15 is 0 Å². The topological polar surface area (TPSA) is 55.8 Å². The predicted octanol–water partition coefficient (Wildman–Crippen LogP) is 2.28. The lowest BCUT2D eigenvalue weighted by molar-refractivity contribution is -0.163. The molecule has 0 amide bonds. The highest BCUT2D eigenvalue weighted by molar-refractivity contribution is 5.66. The number of hydrogen-bond donors (Lipinski definition) is 1.